The Bertz CT molecular complexity index is 1120. The van der Waals surface area contributed by atoms with E-state index in [0.29, 0.717) is 24.7 Å². The van der Waals surface area contributed by atoms with Gasteiger partial charge in [-0.15, -0.1) is 4.40 Å². The van der Waals surface area contributed by atoms with Gasteiger partial charge in [-0.05, 0) is 30.2 Å². The van der Waals surface area contributed by atoms with E-state index in [1.807, 2.05) is 42.5 Å². The molecule has 1 heterocycles. The van der Waals surface area contributed by atoms with Crippen LogP contribution in [0, 0.1) is 0 Å². The van der Waals surface area contributed by atoms with Gasteiger partial charge in [0.2, 0.25) is 0 Å². The van der Waals surface area contributed by atoms with Crippen molar-refractivity contribution in [3.63, 3.8) is 0 Å². The largest absolute Gasteiger partial charge is 0.387 e. The normalized spacial score (nSPS) is 17.7. The fourth-order valence-corrected chi connectivity index (χ4v) is 4.68. The van der Waals surface area contributed by atoms with Gasteiger partial charge in [-0.25, -0.2) is 5.01 Å². The Morgan fingerprint density at radius 2 is 1.78 bits per heavy atom. The lowest BCUT2D eigenvalue weighted by Crippen LogP contribution is -2.33. The molecule has 170 valence electrons. The van der Waals surface area contributed by atoms with E-state index in [9.17, 15) is 8.42 Å². The van der Waals surface area contributed by atoms with Crippen molar-refractivity contribution in [3.05, 3.63) is 70.7 Å². The fraction of sp³-hybridized carbons (Fsp3) is 0.318. The van der Waals surface area contributed by atoms with Gasteiger partial charge in [0.1, 0.15) is 0 Å². The van der Waals surface area contributed by atoms with E-state index in [4.69, 9.17) is 22.4 Å². The molecule has 2 N–H and O–H groups in total. The smallest absolute Gasteiger partial charge is 0.325 e. The molecule has 2 aromatic carbocycles. The summed E-state index contributed by atoms with van der Waals surface area (Å²) in [7, 11) is -3.94. The van der Waals surface area contributed by atoms with Gasteiger partial charge >= 0.3 is 10.2 Å². The van der Waals surface area contributed by atoms with Crippen LogP contribution in [0.1, 0.15) is 37.8 Å². The second kappa shape index (κ2) is 10.2. The number of halogens is 1. The third kappa shape index (κ3) is 5.53. The molecule has 0 saturated carbocycles. The third-order valence-electron chi connectivity index (χ3n) is 4.99. The number of aliphatic imine (C=N–C) groups is 1. The zero-order chi connectivity index (χ0) is 23.3. The number of nitrogens with zero attached hydrogens (tertiary/aromatic N) is 5. The number of amidine groups is 1. The number of hydrazone groups is 1. The summed E-state index contributed by atoms with van der Waals surface area (Å²) in [6.07, 6.45) is 0. The van der Waals surface area contributed by atoms with Gasteiger partial charge in [-0.3, -0.25) is 0 Å². The first-order valence-electron chi connectivity index (χ1n) is 10.3. The molecule has 0 unspecified atom stereocenters. The highest BCUT2D eigenvalue weighted by Crippen LogP contribution is 2.30. The van der Waals surface area contributed by atoms with Crippen LogP contribution >= 0.6 is 11.6 Å². The van der Waals surface area contributed by atoms with E-state index in [1.165, 1.54) is 9.31 Å². The summed E-state index contributed by atoms with van der Waals surface area (Å²) in [5.41, 5.74) is 8.49. The van der Waals surface area contributed by atoms with Gasteiger partial charge in [0, 0.05) is 24.0 Å². The summed E-state index contributed by atoms with van der Waals surface area (Å²) in [5.74, 6) is -0.00120. The van der Waals surface area contributed by atoms with Crippen molar-refractivity contribution in [1.82, 2.24) is 9.31 Å². The van der Waals surface area contributed by atoms with Crippen LogP contribution in [-0.4, -0.2) is 54.9 Å². The van der Waals surface area contributed by atoms with E-state index in [1.54, 1.807) is 32.9 Å². The maximum atomic E-state index is 12.8. The van der Waals surface area contributed by atoms with Crippen LogP contribution in [0.3, 0.4) is 0 Å². The minimum atomic E-state index is -3.94. The van der Waals surface area contributed by atoms with Crippen molar-refractivity contribution in [2.24, 2.45) is 20.2 Å². The predicted octanol–water partition coefficient (Wildman–Crippen LogP) is 3.46. The molecule has 10 heteroatoms. The van der Waals surface area contributed by atoms with Crippen LogP contribution in [0.15, 0.2) is 69.1 Å². The summed E-state index contributed by atoms with van der Waals surface area (Å²) in [6.45, 7) is 6.05. The zero-order valence-corrected chi connectivity index (χ0v) is 19.9. The summed E-state index contributed by atoms with van der Waals surface area (Å²) in [4.78, 5) is 4.20. The van der Waals surface area contributed by atoms with Gasteiger partial charge in [0.05, 0.1) is 18.1 Å². The SMILES string of the molecule is CCN(CC)S(=O)(=O)/N=C(/N=C(/C)N)N1C[C@H](c2ccccc2)C(c2ccc(Cl)cc2)=N1. The summed E-state index contributed by atoms with van der Waals surface area (Å²) in [6, 6.07) is 17.3. The zero-order valence-electron chi connectivity index (χ0n) is 18.3. The van der Waals surface area contributed by atoms with Crippen molar-refractivity contribution >= 4 is 39.3 Å². The number of rotatable bonds is 6. The Morgan fingerprint density at radius 1 is 1.16 bits per heavy atom. The molecular weight excluding hydrogens is 448 g/mol. The van der Waals surface area contributed by atoms with Crippen LogP contribution in [0.2, 0.25) is 5.02 Å². The van der Waals surface area contributed by atoms with Crippen molar-refractivity contribution in [1.29, 1.82) is 0 Å². The number of nitrogens with two attached hydrogens (primary N) is 1. The standard InChI is InChI=1S/C22H27ClN6O2S/c1-4-28(5-2)32(30,31)27-22(25-16(3)24)29-15-20(17-9-7-6-8-10-17)21(26-29)18-11-13-19(23)14-12-18/h6-14,20H,4-5,15H2,1-3H3,(H2,24,25,27)/t20-/m1/s1. The highest BCUT2D eigenvalue weighted by molar-refractivity contribution is 7.87. The van der Waals surface area contributed by atoms with Crippen LogP contribution in [-0.2, 0) is 10.2 Å². The fourth-order valence-electron chi connectivity index (χ4n) is 3.45. The quantitative estimate of drug-likeness (QED) is 0.511. The Balaban J connectivity index is 2.10. The van der Waals surface area contributed by atoms with Crippen molar-refractivity contribution in [3.8, 4) is 0 Å². The Kier molecular flexibility index (Phi) is 7.65. The first-order valence-corrected chi connectivity index (χ1v) is 12.1. The van der Waals surface area contributed by atoms with Gasteiger partial charge in [-0.2, -0.15) is 22.8 Å². The minimum absolute atomic E-state index is 0.0678. The number of benzene rings is 2. The molecule has 1 aliphatic heterocycles. The molecule has 0 bridgehead atoms. The average Bonchev–Trinajstić information content (AvgIpc) is 3.20. The first-order chi connectivity index (χ1) is 15.2. The van der Waals surface area contributed by atoms with E-state index >= 15 is 0 Å². The molecule has 0 amide bonds. The first kappa shape index (κ1) is 23.9. The van der Waals surface area contributed by atoms with Crippen molar-refractivity contribution < 1.29 is 8.42 Å². The lowest BCUT2D eigenvalue weighted by Gasteiger charge is -2.18. The highest BCUT2D eigenvalue weighted by atomic mass is 35.5. The topological polar surface area (TPSA) is 104 Å². The van der Waals surface area contributed by atoms with Gasteiger partial charge in [0.15, 0.2) is 0 Å². The molecule has 1 aliphatic rings. The summed E-state index contributed by atoms with van der Waals surface area (Å²) in [5, 5.41) is 6.85. The number of hydrogen-bond donors (Lipinski definition) is 1. The van der Waals surface area contributed by atoms with Crippen LogP contribution in [0.4, 0.5) is 0 Å². The molecule has 0 fully saturated rings. The molecule has 0 aliphatic carbocycles. The molecule has 2 aromatic rings. The molecule has 0 aromatic heterocycles. The summed E-state index contributed by atoms with van der Waals surface area (Å²) < 4.78 is 30.9. The third-order valence-corrected chi connectivity index (χ3v) is 6.81. The van der Waals surface area contributed by atoms with Crippen LogP contribution < -0.4 is 5.73 Å². The predicted molar refractivity (Wildman–Crippen MR) is 130 cm³/mol. The Labute approximate surface area is 194 Å². The van der Waals surface area contributed by atoms with Crippen molar-refractivity contribution in [2.45, 2.75) is 26.7 Å². The van der Waals surface area contributed by atoms with E-state index in [0.717, 1.165) is 16.8 Å². The lowest BCUT2D eigenvalue weighted by atomic mass is 9.91. The average molecular weight is 475 g/mol. The summed E-state index contributed by atoms with van der Waals surface area (Å²) >= 11 is 6.07. The highest BCUT2D eigenvalue weighted by Gasteiger charge is 2.33. The maximum absolute atomic E-state index is 12.8. The second-order valence-corrected chi connectivity index (χ2v) is 9.28. The molecule has 0 saturated heterocycles. The maximum Gasteiger partial charge on any atom is 0.325 e. The van der Waals surface area contributed by atoms with E-state index < -0.39 is 10.2 Å². The second-order valence-electron chi connectivity index (χ2n) is 7.24. The van der Waals surface area contributed by atoms with Gasteiger partial charge in [-0.1, -0.05) is 67.9 Å². The Morgan fingerprint density at radius 3 is 2.34 bits per heavy atom. The molecule has 3 rings (SSSR count). The number of hydrogen-bond acceptors (Lipinski definition) is 3. The molecule has 0 spiro atoms. The Hall–Kier alpha value is -2.75. The lowest BCUT2D eigenvalue weighted by molar-refractivity contribution is 0.441. The van der Waals surface area contributed by atoms with E-state index in [2.05, 4.69) is 9.39 Å². The molecule has 8 nitrogen and oxygen atoms in total. The monoisotopic (exact) mass is 474 g/mol. The van der Waals surface area contributed by atoms with E-state index in [-0.39, 0.29) is 17.7 Å². The molecular formula is C22H27ClN6O2S. The molecule has 0 radical (unpaired) electrons. The van der Waals surface area contributed by atoms with Gasteiger partial charge in [0.25, 0.3) is 5.96 Å². The molecule has 1 atom stereocenters. The van der Waals surface area contributed by atoms with Gasteiger partial charge < -0.3 is 5.73 Å². The minimum Gasteiger partial charge on any atom is -0.387 e. The number of guanidine groups is 1. The van der Waals surface area contributed by atoms with Crippen LogP contribution in [0.5, 0.6) is 0 Å². The van der Waals surface area contributed by atoms with Crippen molar-refractivity contribution in [2.75, 3.05) is 19.6 Å². The van der Waals surface area contributed by atoms with Crippen LogP contribution in [0.25, 0.3) is 0 Å². The molecule has 32 heavy (non-hydrogen) atoms.